The van der Waals surface area contributed by atoms with Crippen LogP contribution in [0.1, 0.15) is 65.3 Å². The third-order valence-corrected chi connectivity index (χ3v) is 6.36. The van der Waals surface area contributed by atoms with Crippen molar-refractivity contribution in [3.8, 4) is 11.5 Å². The minimum Gasteiger partial charge on any atom is -0.508 e. The smallest absolute Gasteiger partial charge is 0.362 e. The van der Waals surface area contributed by atoms with Gasteiger partial charge in [-0.25, -0.2) is 0 Å². The first-order valence-electron chi connectivity index (χ1n) is 9.45. The summed E-state index contributed by atoms with van der Waals surface area (Å²) >= 11 is 0. The number of hydrogen-bond acceptors (Lipinski definition) is 3. The molecule has 2 aromatic rings. The number of phenols is 1. The molecule has 27 heavy (non-hydrogen) atoms. The molecule has 0 spiro atoms. The normalized spacial score (nSPS) is 19.6. The fraction of sp³-hybridized carbons (Fsp3) is 0.429. The molecular weight excluding hydrogens is 363 g/mol. The average molecular weight is 388 g/mol. The lowest BCUT2D eigenvalue weighted by Crippen LogP contribution is -2.10. The lowest BCUT2D eigenvalue weighted by atomic mass is 9.78. The summed E-state index contributed by atoms with van der Waals surface area (Å²) in [6.45, 7) is 2.02. The summed E-state index contributed by atoms with van der Waals surface area (Å²) in [6.07, 6.45) is 4.84. The number of fused-ring (bicyclic) bond motifs is 1. The van der Waals surface area contributed by atoms with E-state index in [2.05, 4.69) is 6.07 Å². The van der Waals surface area contributed by atoms with E-state index in [4.69, 9.17) is 14.5 Å². The zero-order valence-corrected chi connectivity index (χ0v) is 16.3. The number of rotatable bonds is 5. The molecular formula is C21H25O5P. The lowest BCUT2D eigenvalue weighted by Gasteiger charge is -2.27. The van der Waals surface area contributed by atoms with Gasteiger partial charge >= 0.3 is 7.60 Å². The van der Waals surface area contributed by atoms with Crippen LogP contribution in [0.25, 0.3) is 0 Å². The Morgan fingerprint density at radius 2 is 1.93 bits per heavy atom. The van der Waals surface area contributed by atoms with Crippen molar-refractivity contribution in [3.05, 3.63) is 58.1 Å². The van der Waals surface area contributed by atoms with E-state index in [0.717, 1.165) is 36.8 Å². The maximum atomic E-state index is 11.1. The molecule has 5 nitrogen and oxygen atoms in total. The first kappa shape index (κ1) is 18.5. The van der Waals surface area contributed by atoms with Crippen molar-refractivity contribution < 1.29 is 24.2 Å². The maximum Gasteiger partial charge on any atom is 0.362 e. The first-order chi connectivity index (χ1) is 12.8. The molecule has 0 bridgehead atoms. The summed E-state index contributed by atoms with van der Waals surface area (Å²) in [5, 5.41) is 10.2. The Bertz CT molecular complexity index is 913. The van der Waals surface area contributed by atoms with Crippen LogP contribution in [0.15, 0.2) is 30.3 Å². The SMILES string of the molecule is Cc1cc(OCP(=O)(O)O)cc2c1C(c1ccc(O)c(C3CCC3)c1)CC2. The van der Waals surface area contributed by atoms with E-state index in [1.54, 1.807) is 0 Å². The van der Waals surface area contributed by atoms with Crippen molar-refractivity contribution in [1.29, 1.82) is 0 Å². The second kappa shape index (κ2) is 6.97. The van der Waals surface area contributed by atoms with Gasteiger partial charge in [-0.05, 0) is 84.5 Å². The van der Waals surface area contributed by atoms with E-state index < -0.39 is 13.9 Å². The van der Waals surface area contributed by atoms with Gasteiger partial charge in [0.2, 0.25) is 0 Å². The molecule has 1 atom stereocenters. The molecule has 144 valence electrons. The van der Waals surface area contributed by atoms with Gasteiger partial charge in [-0.3, -0.25) is 4.57 Å². The fourth-order valence-corrected chi connectivity index (χ4v) is 4.71. The van der Waals surface area contributed by atoms with Gasteiger partial charge in [0.05, 0.1) is 0 Å². The zero-order valence-electron chi connectivity index (χ0n) is 15.4. The van der Waals surface area contributed by atoms with Crippen LogP contribution in [0.5, 0.6) is 11.5 Å². The van der Waals surface area contributed by atoms with Gasteiger partial charge in [-0.1, -0.05) is 18.6 Å². The molecule has 1 unspecified atom stereocenters. The summed E-state index contributed by atoms with van der Waals surface area (Å²) < 4.78 is 16.4. The number of benzene rings is 2. The van der Waals surface area contributed by atoms with Crippen LogP contribution in [0.2, 0.25) is 0 Å². The van der Waals surface area contributed by atoms with E-state index in [-0.39, 0.29) is 5.92 Å². The van der Waals surface area contributed by atoms with Crippen LogP contribution in [-0.4, -0.2) is 21.2 Å². The Hall–Kier alpha value is -1.81. The molecule has 0 saturated heterocycles. The highest BCUT2D eigenvalue weighted by Gasteiger charge is 2.29. The third kappa shape index (κ3) is 3.77. The minimum atomic E-state index is -4.19. The molecule has 0 heterocycles. The molecule has 1 saturated carbocycles. The molecule has 0 amide bonds. The molecule has 2 aliphatic rings. The van der Waals surface area contributed by atoms with Crippen LogP contribution in [-0.2, 0) is 11.0 Å². The second-order valence-corrected chi connectivity index (χ2v) is 9.38. The maximum absolute atomic E-state index is 11.1. The lowest BCUT2D eigenvalue weighted by molar-refractivity contribution is 0.300. The number of ether oxygens (including phenoxy) is 1. The summed E-state index contributed by atoms with van der Waals surface area (Å²) in [4.78, 5) is 18.0. The quantitative estimate of drug-likeness (QED) is 0.654. The molecule has 2 aromatic carbocycles. The Labute approximate surface area is 159 Å². The standard InChI is InChI=1S/C21H25O5P/c1-13-9-17(26-12-27(23,24)25)10-16-5-7-18(21(13)16)15-6-8-20(22)19(11-15)14-3-2-4-14/h6,8-11,14,18,22H,2-5,7,12H2,1H3,(H2,23,24,25). The van der Waals surface area contributed by atoms with Crippen LogP contribution in [0, 0.1) is 6.92 Å². The van der Waals surface area contributed by atoms with Crippen molar-refractivity contribution in [2.24, 2.45) is 0 Å². The van der Waals surface area contributed by atoms with Gasteiger partial charge in [0.25, 0.3) is 0 Å². The van der Waals surface area contributed by atoms with Crippen molar-refractivity contribution in [1.82, 2.24) is 0 Å². The van der Waals surface area contributed by atoms with Crippen molar-refractivity contribution in [2.45, 2.75) is 50.9 Å². The molecule has 0 aliphatic heterocycles. The minimum absolute atomic E-state index is 0.287. The van der Waals surface area contributed by atoms with E-state index in [1.165, 1.54) is 23.1 Å². The van der Waals surface area contributed by atoms with Gasteiger partial charge < -0.3 is 19.6 Å². The van der Waals surface area contributed by atoms with Crippen molar-refractivity contribution in [3.63, 3.8) is 0 Å². The third-order valence-electron chi connectivity index (χ3n) is 5.90. The van der Waals surface area contributed by atoms with Gasteiger partial charge in [0.1, 0.15) is 11.5 Å². The number of hydrogen-bond donors (Lipinski definition) is 3. The highest BCUT2D eigenvalue weighted by atomic mass is 31.2. The Morgan fingerprint density at radius 3 is 2.59 bits per heavy atom. The summed E-state index contributed by atoms with van der Waals surface area (Å²) in [5.41, 5.74) is 5.85. The number of aromatic hydroxyl groups is 1. The van der Waals surface area contributed by atoms with Crippen LogP contribution < -0.4 is 4.74 Å². The largest absolute Gasteiger partial charge is 0.508 e. The Balaban J connectivity index is 1.63. The number of phenolic OH excluding ortho intramolecular Hbond substituents is 1. The van der Waals surface area contributed by atoms with E-state index >= 15 is 0 Å². The average Bonchev–Trinajstić information content (AvgIpc) is 2.97. The molecule has 4 rings (SSSR count). The Kier molecular flexibility index (Phi) is 4.79. The van der Waals surface area contributed by atoms with Crippen LogP contribution in [0.4, 0.5) is 0 Å². The highest BCUT2D eigenvalue weighted by molar-refractivity contribution is 7.51. The summed E-state index contributed by atoms with van der Waals surface area (Å²) in [5.74, 6) is 1.68. The molecule has 0 aromatic heterocycles. The summed E-state index contributed by atoms with van der Waals surface area (Å²) in [7, 11) is -4.19. The van der Waals surface area contributed by atoms with E-state index in [1.807, 2.05) is 31.2 Å². The molecule has 2 aliphatic carbocycles. The van der Waals surface area contributed by atoms with Crippen molar-refractivity contribution in [2.75, 3.05) is 6.35 Å². The first-order valence-corrected chi connectivity index (χ1v) is 11.2. The van der Waals surface area contributed by atoms with Crippen molar-refractivity contribution >= 4 is 7.60 Å². The highest BCUT2D eigenvalue weighted by Crippen LogP contribution is 2.46. The molecule has 6 heteroatoms. The number of aryl methyl sites for hydroxylation is 2. The van der Waals surface area contributed by atoms with E-state index in [9.17, 15) is 9.67 Å². The monoisotopic (exact) mass is 388 g/mol. The van der Waals surface area contributed by atoms with E-state index in [0.29, 0.717) is 17.4 Å². The predicted octanol–water partition coefficient (Wildman–Crippen LogP) is 4.56. The second-order valence-electron chi connectivity index (χ2n) is 7.79. The topological polar surface area (TPSA) is 87.0 Å². The van der Waals surface area contributed by atoms with Gasteiger partial charge in [0.15, 0.2) is 6.35 Å². The summed E-state index contributed by atoms with van der Waals surface area (Å²) in [6, 6.07) is 9.80. The van der Waals surface area contributed by atoms with Gasteiger partial charge in [-0.2, -0.15) is 0 Å². The Morgan fingerprint density at radius 1 is 1.15 bits per heavy atom. The molecule has 0 radical (unpaired) electrons. The molecule has 3 N–H and O–H groups in total. The fourth-order valence-electron chi connectivity index (χ4n) is 4.40. The predicted molar refractivity (Wildman–Crippen MR) is 104 cm³/mol. The van der Waals surface area contributed by atoms with Gasteiger partial charge in [-0.15, -0.1) is 0 Å². The molecule has 1 fully saturated rings. The van der Waals surface area contributed by atoms with Crippen LogP contribution in [0.3, 0.4) is 0 Å². The van der Waals surface area contributed by atoms with Gasteiger partial charge in [0, 0.05) is 5.92 Å². The van der Waals surface area contributed by atoms with Crippen LogP contribution >= 0.6 is 7.60 Å². The zero-order chi connectivity index (χ0) is 19.2.